The summed E-state index contributed by atoms with van der Waals surface area (Å²) in [6, 6.07) is 0. The third-order valence-electron chi connectivity index (χ3n) is 2.72. The Hall–Kier alpha value is -0.230. The minimum absolute atomic E-state index is 0.409. The molecule has 0 aliphatic carbocycles. The van der Waals surface area contributed by atoms with Gasteiger partial charge in [-0.2, -0.15) is 0 Å². The van der Waals surface area contributed by atoms with E-state index in [1.165, 1.54) is 6.26 Å². The maximum Gasteiger partial charge on any atom is 0.156 e. The summed E-state index contributed by atoms with van der Waals surface area (Å²) < 4.78 is 22.2. The molecule has 6 heteroatoms. The van der Waals surface area contributed by atoms with Crippen LogP contribution in [0.4, 0.5) is 0 Å². The maximum absolute atomic E-state index is 11.5. The van der Waals surface area contributed by atoms with Crippen molar-refractivity contribution >= 4 is 26.8 Å². The highest BCUT2D eigenvalue weighted by atomic mass is 32.2. The highest BCUT2D eigenvalue weighted by molar-refractivity contribution is 8.13. The van der Waals surface area contributed by atoms with E-state index < -0.39 is 14.6 Å². The van der Waals surface area contributed by atoms with Crippen LogP contribution in [0.5, 0.6) is 0 Å². The summed E-state index contributed by atoms with van der Waals surface area (Å²) in [5.74, 6) is 1.66. The van der Waals surface area contributed by atoms with Crippen LogP contribution >= 0.6 is 11.8 Å². The molecular weight excluding hydrogens is 244 g/mol. The van der Waals surface area contributed by atoms with Crippen LogP contribution in [0.1, 0.15) is 20.8 Å². The first-order valence-corrected chi connectivity index (χ1v) is 8.21. The lowest BCUT2D eigenvalue weighted by molar-refractivity contribution is 0.546. The Morgan fingerprint density at radius 3 is 2.62 bits per heavy atom. The van der Waals surface area contributed by atoms with Gasteiger partial charge in [0.1, 0.15) is 0 Å². The molecule has 1 heterocycles. The van der Waals surface area contributed by atoms with Crippen molar-refractivity contribution in [1.82, 2.24) is 5.32 Å². The molecule has 0 aromatic heterocycles. The Kier molecular flexibility index (Phi) is 4.29. The van der Waals surface area contributed by atoms with Crippen molar-refractivity contribution < 1.29 is 8.42 Å². The predicted molar refractivity (Wildman–Crippen MR) is 70.8 cm³/mol. The van der Waals surface area contributed by atoms with Crippen molar-refractivity contribution in [2.45, 2.75) is 25.5 Å². The van der Waals surface area contributed by atoms with E-state index in [2.05, 4.69) is 17.2 Å². The number of rotatable bonds is 3. The highest BCUT2D eigenvalue weighted by Gasteiger charge is 2.30. The summed E-state index contributed by atoms with van der Waals surface area (Å²) >= 11 is 1.67. The lowest BCUT2D eigenvalue weighted by Crippen LogP contribution is -2.43. The smallest absolute Gasteiger partial charge is 0.156 e. The molecule has 1 N–H and O–H groups in total. The minimum atomic E-state index is -3.04. The Balaban J connectivity index is 2.53. The van der Waals surface area contributed by atoms with Crippen molar-refractivity contribution in [3.8, 4) is 0 Å². The molecule has 0 aromatic carbocycles. The van der Waals surface area contributed by atoms with Gasteiger partial charge in [0.25, 0.3) is 0 Å². The van der Waals surface area contributed by atoms with Crippen LogP contribution < -0.4 is 5.32 Å². The Morgan fingerprint density at radius 2 is 2.19 bits per heavy atom. The summed E-state index contributed by atoms with van der Waals surface area (Å²) in [7, 11) is -3.04. The molecular formula is C10H20N2O2S2. The van der Waals surface area contributed by atoms with E-state index in [1.54, 1.807) is 25.6 Å². The molecule has 0 saturated heterocycles. The van der Waals surface area contributed by atoms with Gasteiger partial charge in [0.05, 0.1) is 4.75 Å². The van der Waals surface area contributed by atoms with Gasteiger partial charge >= 0.3 is 0 Å². The average molecular weight is 264 g/mol. The van der Waals surface area contributed by atoms with Crippen molar-refractivity contribution in [2.75, 3.05) is 25.1 Å². The lowest BCUT2D eigenvalue weighted by atomic mass is 10.2. The summed E-state index contributed by atoms with van der Waals surface area (Å²) in [5, 5.41) is 3.99. The summed E-state index contributed by atoms with van der Waals surface area (Å²) in [6.07, 6.45) is 1.27. The van der Waals surface area contributed by atoms with Crippen LogP contribution in [0.25, 0.3) is 0 Å². The molecule has 94 valence electrons. The summed E-state index contributed by atoms with van der Waals surface area (Å²) in [5.41, 5.74) is 0. The number of aliphatic imine (C=N–C) groups is 1. The number of nitrogens with one attached hydrogen (secondary N) is 1. The molecule has 0 amide bonds. The molecule has 0 fully saturated rings. The van der Waals surface area contributed by atoms with Gasteiger partial charge in [-0.1, -0.05) is 18.7 Å². The number of hydrogen-bond acceptors (Lipinski definition) is 5. The van der Waals surface area contributed by atoms with E-state index in [4.69, 9.17) is 0 Å². The molecule has 0 radical (unpaired) electrons. The molecule has 0 bridgehead atoms. The second-order valence-electron chi connectivity index (χ2n) is 4.95. The summed E-state index contributed by atoms with van der Waals surface area (Å²) in [6.45, 7) is 6.85. The van der Waals surface area contributed by atoms with Crippen molar-refractivity contribution in [2.24, 2.45) is 10.9 Å². The Bertz CT molecular complexity index is 374. The molecule has 0 aromatic rings. The second-order valence-corrected chi connectivity index (χ2v) is 8.61. The van der Waals surface area contributed by atoms with Gasteiger partial charge in [0.15, 0.2) is 15.0 Å². The summed E-state index contributed by atoms with van der Waals surface area (Å²) in [4.78, 5) is 4.37. The molecule has 1 aliphatic rings. The molecule has 0 spiro atoms. The quantitative estimate of drug-likeness (QED) is 0.830. The van der Waals surface area contributed by atoms with E-state index in [1.807, 2.05) is 0 Å². The molecule has 1 rings (SSSR count). The zero-order valence-electron chi connectivity index (χ0n) is 10.3. The van der Waals surface area contributed by atoms with Crippen LogP contribution in [0.3, 0.4) is 0 Å². The third kappa shape index (κ3) is 3.66. The Labute approximate surface area is 102 Å². The van der Waals surface area contributed by atoms with Gasteiger partial charge in [0, 0.05) is 25.1 Å². The van der Waals surface area contributed by atoms with Crippen molar-refractivity contribution in [3.63, 3.8) is 0 Å². The molecule has 4 nitrogen and oxygen atoms in total. The SMILES string of the molecule is CC1CN=C(NCC(C)(C)S(C)(=O)=O)SC1. The fraction of sp³-hybridized carbons (Fsp3) is 0.900. The van der Waals surface area contributed by atoms with E-state index >= 15 is 0 Å². The normalized spacial score (nSPS) is 22.8. The number of hydrogen-bond donors (Lipinski definition) is 1. The van der Waals surface area contributed by atoms with Gasteiger partial charge in [-0.25, -0.2) is 8.42 Å². The third-order valence-corrected chi connectivity index (χ3v) is 6.15. The van der Waals surface area contributed by atoms with Crippen molar-refractivity contribution in [1.29, 1.82) is 0 Å². The van der Waals surface area contributed by atoms with Gasteiger partial charge < -0.3 is 5.32 Å². The van der Waals surface area contributed by atoms with Crippen LogP contribution in [0, 0.1) is 5.92 Å². The zero-order valence-corrected chi connectivity index (χ0v) is 11.9. The fourth-order valence-electron chi connectivity index (χ4n) is 1.08. The molecule has 16 heavy (non-hydrogen) atoms. The lowest BCUT2D eigenvalue weighted by Gasteiger charge is -2.25. The molecule has 0 saturated carbocycles. The van der Waals surface area contributed by atoms with Gasteiger partial charge in [-0.3, -0.25) is 4.99 Å². The first kappa shape index (κ1) is 13.8. The molecule has 1 atom stereocenters. The van der Waals surface area contributed by atoms with Crippen molar-refractivity contribution in [3.05, 3.63) is 0 Å². The van der Waals surface area contributed by atoms with Crippen LogP contribution in [0.2, 0.25) is 0 Å². The number of sulfone groups is 1. The van der Waals surface area contributed by atoms with E-state index in [0.29, 0.717) is 12.5 Å². The first-order valence-electron chi connectivity index (χ1n) is 5.33. The topological polar surface area (TPSA) is 58.5 Å². The van der Waals surface area contributed by atoms with Crippen LogP contribution in [0.15, 0.2) is 4.99 Å². The highest BCUT2D eigenvalue weighted by Crippen LogP contribution is 2.18. The van der Waals surface area contributed by atoms with Gasteiger partial charge in [-0.05, 0) is 19.8 Å². The molecule has 1 aliphatic heterocycles. The number of nitrogens with zero attached hydrogens (tertiary/aromatic N) is 1. The van der Waals surface area contributed by atoms with E-state index in [0.717, 1.165) is 17.5 Å². The standard InChI is InChI=1S/C10H20N2O2S2/c1-8-5-11-9(15-6-8)12-7-10(2,3)16(4,13)14/h8H,5-7H2,1-4H3,(H,11,12). The van der Waals surface area contributed by atoms with Gasteiger partial charge in [0.2, 0.25) is 0 Å². The zero-order chi connectivity index (χ0) is 12.4. The van der Waals surface area contributed by atoms with Gasteiger partial charge in [-0.15, -0.1) is 0 Å². The Morgan fingerprint density at radius 1 is 1.56 bits per heavy atom. The van der Waals surface area contributed by atoms with Crippen LogP contribution in [-0.2, 0) is 9.84 Å². The predicted octanol–water partition coefficient (Wildman–Crippen LogP) is 1.14. The average Bonchev–Trinajstić information content (AvgIpc) is 2.15. The number of amidine groups is 1. The first-order chi connectivity index (χ1) is 7.22. The largest absolute Gasteiger partial charge is 0.363 e. The minimum Gasteiger partial charge on any atom is -0.363 e. The second kappa shape index (κ2) is 4.96. The monoisotopic (exact) mass is 264 g/mol. The fourth-order valence-corrected chi connectivity index (χ4v) is 2.31. The van der Waals surface area contributed by atoms with E-state index in [9.17, 15) is 8.42 Å². The van der Waals surface area contributed by atoms with E-state index in [-0.39, 0.29) is 0 Å². The number of thioether (sulfide) groups is 1. The molecule has 1 unspecified atom stereocenters. The van der Waals surface area contributed by atoms with Crippen LogP contribution in [-0.4, -0.2) is 43.4 Å². The maximum atomic E-state index is 11.5.